The lowest BCUT2D eigenvalue weighted by Gasteiger charge is -2.17. The topological polar surface area (TPSA) is 108 Å². The van der Waals surface area contributed by atoms with Crippen LogP contribution in [0.5, 0.6) is 0 Å². The van der Waals surface area contributed by atoms with Gasteiger partial charge in [-0.3, -0.25) is 14.6 Å². The van der Waals surface area contributed by atoms with Crippen LogP contribution in [0.4, 0.5) is 5.69 Å². The molecular formula is C20H19Cl2N3O4. The van der Waals surface area contributed by atoms with Crippen LogP contribution in [0.2, 0.25) is 10.0 Å². The van der Waals surface area contributed by atoms with E-state index in [4.69, 9.17) is 23.2 Å². The van der Waals surface area contributed by atoms with Gasteiger partial charge in [-0.1, -0.05) is 56.1 Å². The van der Waals surface area contributed by atoms with Gasteiger partial charge in [0.05, 0.1) is 15.6 Å². The first-order chi connectivity index (χ1) is 13.5. The maximum Gasteiger partial charge on any atom is 0.352 e. The van der Waals surface area contributed by atoms with E-state index in [1.165, 1.54) is 18.5 Å². The predicted molar refractivity (Wildman–Crippen MR) is 112 cm³/mol. The molecule has 2 amide bonds. The minimum absolute atomic E-state index is 0.102. The number of aromatic nitrogens is 1. The van der Waals surface area contributed by atoms with Crippen molar-refractivity contribution in [3.05, 3.63) is 63.5 Å². The zero-order valence-electron chi connectivity index (χ0n) is 15.9. The van der Waals surface area contributed by atoms with E-state index in [2.05, 4.69) is 15.6 Å². The maximum absolute atomic E-state index is 12.4. The molecule has 0 aliphatic heterocycles. The van der Waals surface area contributed by atoms with E-state index in [9.17, 15) is 19.5 Å². The predicted octanol–water partition coefficient (Wildman–Crippen LogP) is 4.23. The Labute approximate surface area is 177 Å². The highest BCUT2D eigenvalue weighted by atomic mass is 35.5. The Morgan fingerprint density at radius 2 is 1.59 bits per heavy atom. The lowest BCUT2D eigenvalue weighted by molar-refractivity contribution is -0.136. The average Bonchev–Trinajstić information content (AvgIpc) is 2.61. The van der Waals surface area contributed by atoms with Crippen LogP contribution in [-0.4, -0.2) is 27.9 Å². The Balaban J connectivity index is 2.18. The number of rotatable bonds is 5. The number of benzene rings is 1. The van der Waals surface area contributed by atoms with Gasteiger partial charge in [-0.05, 0) is 23.8 Å². The third kappa shape index (κ3) is 6.04. The van der Waals surface area contributed by atoms with E-state index in [1.807, 2.05) is 0 Å². The third-order valence-electron chi connectivity index (χ3n) is 3.72. The van der Waals surface area contributed by atoms with Gasteiger partial charge >= 0.3 is 5.97 Å². The minimum Gasteiger partial charge on any atom is -0.477 e. The highest BCUT2D eigenvalue weighted by Crippen LogP contribution is 2.24. The minimum atomic E-state index is -1.26. The quantitative estimate of drug-likeness (QED) is 0.608. The Hall–Kier alpha value is -2.90. The van der Waals surface area contributed by atoms with Gasteiger partial charge in [-0.25, -0.2) is 4.79 Å². The van der Waals surface area contributed by atoms with Crippen LogP contribution < -0.4 is 10.6 Å². The maximum atomic E-state index is 12.4. The number of carboxylic acids is 1. The summed E-state index contributed by atoms with van der Waals surface area (Å²) in [6, 6.07) is 6.35. The van der Waals surface area contributed by atoms with Gasteiger partial charge in [-0.15, -0.1) is 0 Å². The number of hydrogen-bond donors (Lipinski definition) is 3. The van der Waals surface area contributed by atoms with Gasteiger partial charge in [-0.2, -0.15) is 0 Å². The van der Waals surface area contributed by atoms with Crippen molar-refractivity contribution >= 4 is 52.7 Å². The fourth-order valence-corrected chi connectivity index (χ4v) is 2.65. The summed E-state index contributed by atoms with van der Waals surface area (Å²) >= 11 is 11.9. The number of aliphatic carboxylic acids is 1. The van der Waals surface area contributed by atoms with Crippen molar-refractivity contribution in [1.82, 2.24) is 10.3 Å². The molecule has 3 N–H and O–H groups in total. The van der Waals surface area contributed by atoms with E-state index in [1.54, 1.807) is 45.0 Å². The Bertz CT molecular complexity index is 960. The molecule has 1 aromatic heterocycles. The zero-order valence-corrected chi connectivity index (χ0v) is 17.4. The molecule has 7 nitrogen and oxygen atoms in total. The smallest absolute Gasteiger partial charge is 0.352 e. The number of nitrogens with zero attached hydrogens (tertiary/aromatic N) is 1. The summed E-state index contributed by atoms with van der Waals surface area (Å²) in [5.74, 6) is -2.18. The van der Waals surface area contributed by atoms with Crippen LogP contribution in [0.25, 0.3) is 6.08 Å². The second kappa shape index (κ2) is 9.07. The Morgan fingerprint density at radius 3 is 2.07 bits per heavy atom. The van der Waals surface area contributed by atoms with Crippen molar-refractivity contribution in [2.45, 2.75) is 20.8 Å². The van der Waals surface area contributed by atoms with Gasteiger partial charge in [0.2, 0.25) is 5.91 Å². The molecule has 0 spiro atoms. The molecule has 0 bridgehead atoms. The molecule has 0 radical (unpaired) electrons. The fraction of sp³-hybridized carbons (Fsp3) is 0.200. The number of halogens is 2. The molecule has 0 atom stereocenters. The first-order valence-electron chi connectivity index (χ1n) is 8.46. The van der Waals surface area contributed by atoms with E-state index in [0.29, 0.717) is 11.3 Å². The van der Waals surface area contributed by atoms with Crippen molar-refractivity contribution in [1.29, 1.82) is 0 Å². The fourth-order valence-electron chi connectivity index (χ4n) is 2.11. The highest BCUT2D eigenvalue weighted by Gasteiger charge is 2.23. The molecule has 1 heterocycles. The summed E-state index contributed by atoms with van der Waals surface area (Å²) in [5, 5.41) is 14.6. The number of nitrogens with one attached hydrogen (secondary N) is 2. The van der Waals surface area contributed by atoms with Gasteiger partial charge in [0, 0.05) is 23.5 Å². The van der Waals surface area contributed by atoms with Crippen LogP contribution in [-0.2, 0) is 9.59 Å². The van der Waals surface area contributed by atoms with Crippen LogP contribution >= 0.6 is 23.2 Å². The van der Waals surface area contributed by atoms with E-state index < -0.39 is 23.2 Å². The Morgan fingerprint density at radius 1 is 1.03 bits per heavy atom. The summed E-state index contributed by atoms with van der Waals surface area (Å²) in [5.41, 5.74) is 0.0850. The molecule has 0 fully saturated rings. The number of hydrogen-bond acceptors (Lipinski definition) is 4. The number of carbonyl (C=O) groups excluding carboxylic acids is 2. The lowest BCUT2D eigenvalue weighted by Crippen LogP contribution is -2.36. The second-order valence-electron chi connectivity index (χ2n) is 7.12. The van der Waals surface area contributed by atoms with Crippen LogP contribution in [0, 0.1) is 5.41 Å². The standard InChI is InChI=1S/C20H19Cl2N3O4/c1-20(2,3)19(29)25-15(18(27)28)8-11-4-6-12(7-5-11)24-17(26)16-13(21)9-23-10-14(16)22/h4-10H,1-3H3,(H,24,26)(H,25,29)(H,27,28)/b15-8+. The SMILES string of the molecule is CC(C)(C)C(=O)N/C(=C/c1ccc(NC(=O)c2c(Cl)cncc2Cl)cc1)C(=O)O. The monoisotopic (exact) mass is 435 g/mol. The van der Waals surface area contributed by atoms with Crippen LogP contribution in [0.1, 0.15) is 36.7 Å². The largest absolute Gasteiger partial charge is 0.477 e. The molecule has 0 aliphatic carbocycles. The summed E-state index contributed by atoms with van der Waals surface area (Å²) in [6.45, 7) is 5.04. The molecule has 2 aromatic rings. The number of carboxylic acid groups (broad SMARTS) is 1. The third-order valence-corrected chi connectivity index (χ3v) is 4.29. The second-order valence-corrected chi connectivity index (χ2v) is 7.94. The van der Waals surface area contributed by atoms with Gasteiger partial charge in [0.1, 0.15) is 5.70 Å². The number of pyridine rings is 1. The van der Waals surface area contributed by atoms with Crippen molar-refractivity contribution in [3.8, 4) is 0 Å². The van der Waals surface area contributed by atoms with Crippen molar-refractivity contribution in [2.24, 2.45) is 5.41 Å². The van der Waals surface area contributed by atoms with E-state index >= 15 is 0 Å². The number of amides is 2. The average molecular weight is 436 g/mol. The molecule has 0 aliphatic rings. The molecule has 1 aromatic carbocycles. The molecule has 0 saturated heterocycles. The molecule has 9 heteroatoms. The van der Waals surface area contributed by atoms with E-state index in [0.717, 1.165) is 0 Å². The molecule has 29 heavy (non-hydrogen) atoms. The molecule has 152 valence electrons. The molecule has 0 unspecified atom stereocenters. The summed E-state index contributed by atoms with van der Waals surface area (Å²) in [4.78, 5) is 39.6. The summed E-state index contributed by atoms with van der Waals surface area (Å²) in [6.07, 6.45) is 3.96. The van der Waals surface area contributed by atoms with E-state index in [-0.39, 0.29) is 21.3 Å². The van der Waals surface area contributed by atoms with Gasteiger partial charge in [0.15, 0.2) is 0 Å². The van der Waals surface area contributed by atoms with Crippen molar-refractivity contribution < 1.29 is 19.5 Å². The molecule has 2 rings (SSSR count). The van der Waals surface area contributed by atoms with Crippen molar-refractivity contribution in [2.75, 3.05) is 5.32 Å². The van der Waals surface area contributed by atoms with Crippen LogP contribution in [0.3, 0.4) is 0 Å². The lowest BCUT2D eigenvalue weighted by atomic mass is 9.95. The molecule has 0 saturated carbocycles. The first kappa shape index (κ1) is 22.4. The van der Waals surface area contributed by atoms with Crippen LogP contribution in [0.15, 0.2) is 42.4 Å². The first-order valence-corrected chi connectivity index (χ1v) is 9.21. The summed E-state index contributed by atoms with van der Waals surface area (Å²) < 4.78 is 0. The van der Waals surface area contributed by atoms with Crippen molar-refractivity contribution in [3.63, 3.8) is 0 Å². The summed E-state index contributed by atoms with van der Waals surface area (Å²) in [7, 11) is 0. The normalized spacial score (nSPS) is 11.7. The van der Waals surface area contributed by atoms with Gasteiger partial charge < -0.3 is 15.7 Å². The van der Waals surface area contributed by atoms with Gasteiger partial charge in [0.25, 0.3) is 5.91 Å². The Kier molecular flexibility index (Phi) is 7.00. The highest BCUT2D eigenvalue weighted by molar-refractivity contribution is 6.40. The molecular weight excluding hydrogens is 417 g/mol. The zero-order chi connectivity index (χ0) is 21.8. The number of anilines is 1. The number of carbonyl (C=O) groups is 3.